The molecule has 0 spiro atoms. The van der Waals surface area contributed by atoms with Crippen molar-refractivity contribution in [3.63, 3.8) is 0 Å². The van der Waals surface area contributed by atoms with Crippen molar-refractivity contribution in [2.75, 3.05) is 6.54 Å². The van der Waals surface area contributed by atoms with Gasteiger partial charge in [0.05, 0.1) is 12.3 Å². The number of ether oxygens (including phenoxy) is 1. The van der Waals surface area contributed by atoms with Crippen molar-refractivity contribution in [1.82, 2.24) is 20.0 Å². The lowest BCUT2D eigenvalue weighted by atomic mass is 9.98. The molecule has 1 aromatic heterocycles. The van der Waals surface area contributed by atoms with E-state index in [1.165, 1.54) is 5.56 Å². The molecule has 1 N–H and O–H groups in total. The van der Waals surface area contributed by atoms with Gasteiger partial charge in [0.15, 0.2) is 0 Å². The van der Waals surface area contributed by atoms with Gasteiger partial charge in [0, 0.05) is 44.0 Å². The first-order valence-electron chi connectivity index (χ1n) is 8.36. The quantitative estimate of drug-likeness (QED) is 0.895. The summed E-state index contributed by atoms with van der Waals surface area (Å²) in [7, 11) is 1.95. The summed E-state index contributed by atoms with van der Waals surface area (Å²) in [6.07, 6.45) is 9.15. The van der Waals surface area contributed by atoms with E-state index in [2.05, 4.69) is 21.5 Å². The molecular formula is C16H24N4O2. The van der Waals surface area contributed by atoms with Crippen LogP contribution in [0.1, 0.15) is 37.7 Å². The first-order valence-corrected chi connectivity index (χ1v) is 8.36. The second-order valence-electron chi connectivity index (χ2n) is 6.87. The predicted octanol–water partition coefficient (Wildman–Crippen LogP) is 0.821. The van der Waals surface area contributed by atoms with E-state index in [4.69, 9.17) is 4.74 Å². The molecule has 120 valence electrons. The number of likely N-dealkylation sites (tertiary alicyclic amines) is 1. The van der Waals surface area contributed by atoms with E-state index in [1.807, 2.05) is 17.9 Å². The van der Waals surface area contributed by atoms with Crippen LogP contribution in [0, 0.1) is 0 Å². The Morgan fingerprint density at radius 1 is 1.36 bits per heavy atom. The number of aryl methyl sites for hydroxylation is 1. The molecule has 2 saturated heterocycles. The molecule has 0 bridgehead atoms. The van der Waals surface area contributed by atoms with E-state index in [0.29, 0.717) is 12.1 Å². The van der Waals surface area contributed by atoms with Crippen molar-refractivity contribution in [1.29, 1.82) is 0 Å². The summed E-state index contributed by atoms with van der Waals surface area (Å²) in [4.78, 5) is 14.6. The number of nitrogens with one attached hydrogen (secondary N) is 1. The SMILES string of the molecule is Cn1cc(CN2CC[C@@H]3O[C@H](C(=O)NC4CC4)CC[C@@H]32)cn1. The molecule has 3 fully saturated rings. The van der Waals surface area contributed by atoms with Crippen LogP contribution in [0.25, 0.3) is 0 Å². The smallest absolute Gasteiger partial charge is 0.249 e. The standard InChI is InChI=1S/C16H24N4O2/c1-19-9-11(8-17-19)10-20-7-6-14-13(20)4-5-15(22-14)16(21)18-12-2-3-12/h8-9,12-15H,2-7,10H2,1H3,(H,18,21)/t13-,14-,15-/m0/s1. The van der Waals surface area contributed by atoms with Crippen LogP contribution in [0.15, 0.2) is 12.4 Å². The molecule has 6 nitrogen and oxygen atoms in total. The van der Waals surface area contributed by atoms with Crippen LogP contribution < -0.4 is 5.32 Å². The van der Waals surface area contributed by atoms with Crippen LogP contribution in [-0.4, -0.2) is 51.4 Å². The molecule has 1 amide bonds. The average Bonchev–Trinajstić information content (AvgIpc) is 3.09. The van der Waals surface area contributed by atoms with Gasteiger partial charge in [0.25, 0.3) is 0 Å². The Hall–Kier alpha value is -1.40. The highest BCUT2D eigenvalue weighted by molar-refractivity contribution is 5.81. The van der Waals surface area contributed by atoms with Gasteiger partial charge in [0.2, 0.25) is 5.91 Å². The molecule has 6 heteroatoms. The molecule has 0 radical (unpaired) electrons. The van der Waals surface area contributed by atoms with Gasteiger partial charge in [-0.25, -0.2) is 0 Å². The average molecular weight is 304 g/mol. The minimum absolute atomic E-state index is 0.103. The third-order valence-electron chi connectivity index (χ3n) is 5.02. The zero-order valence-corrected chi connectivity index (χ0v) is 13.1. The Kier molecular flexibility index (Phi) is 3.66. The van der Waals surface area contributed by atoms with Crippen LogP contribution in [0.2, 0.25) is 0 Å². The second-order valence-corrected chi connectivity index (χ2v) is 6.87. The van der Waals surface area contributed by atoms with Crippen molar-refractivity contribution >= 4 is 5.91 Å². The Morgan fingerprint density at radius 3 is 2.95 bits per heavy atom. The number of hydrogen-bond donors (Lipinski definition) is 1. The van der Waals surface area contributed by atoms with Crippen LogP contribution in [0.3, 0.4) is 0 Å². The zero-order valence-electron chi connectivity index (χ0n) is 13.1. The molecule has 1 saturated carbocycles. The molecule has 22 heavy (non-hydrogen) atoms. The number of carbonyl (C=O) groups excluding carboxylic acids is 1. The topological polar surface area (TPSA) is 59.4 Å². The highest BCUT2D eigenvalue weighted by atomic mass is 16.5. The Morgan fingerprint density at radius 2 is 2.23 bits per heavy atom. The van der Waals surface area contributed by atoms with Gasteiger partial charge in [-0.15, -0.1) is 0 Å². The Labute approximate surface area is 130 Å². The molecule has 1 aromatic rings. The van der Waals surface area contributed by atoms with E-state index < -0.39 is 0 Å². The molecule has 3 aliphatic rings. The predicted molar refractivity (Wildman–Crippen MR) is 81.1 cm³/mol. The fraction of sp³-hybridized carbons (Fsp3) is 0.750. The molecule has 3 heterocycles. The lowest BCUT2D eigenvalue weighted by Gasteiger charge is -2.35. The third kappa shape index (κ3) is 2.90. The molecule has 0 unspecified atom stereocenters. The maximum atomic E-state index is 12.2. The van der Waals surface area contributed by atoms with E-state index in [1.54, 1.807) is 0 Å². The maximum absolute atomic E-state index is 12.2. The molecular weight excluding hydrogens is 280 g/mol. The Bertz CT molecular complexity index is 554. The summed E-state index contributed by atoms with van der Waals surface area (Å²) in [5, 5.41) is 7.31. The first-order chi connectivity index (χ1) is 10.7. The van der Waals surface area contributed by atoms with Crippen LogP contribution >= 0.6 is 0 Å². The summed E-state index contributed by atoms with van der Waals surface area (Å²) in [6.45, 7) is 1.97. The van der Waals surface area contributed by atoms with Gasteiger partial charge in [-0.1, -0.05) is 0 Å². The van der Waals surface area contributed by atoms with E-state index in [-0.39, 0.29) is 18.1 Å². The highest BCUT2D eigenvalue weighted by Gasteiger charge is 2.42. The van der Waals surface area contributed by atoms with Gasteiger partial charge in [0.1, 0.15) is 6.10 Å². The highest BCUT2D eigenvalue weighted by Crippen LogP contribution is 2.33. The number of carbonyl (C=O) groups is 1. The van der Waals surface area contributed by atoms with E-state index in [0.717, 1.165) is 45.2 Å². The first kappa shape index (κ1) is 14.2. The number of nitrogens with zero attached hydrogens (tertiary/aromatic N) is 3. The van der Waals surface area contributed by atoms with Crippen LogP contribution in [-0.2, 0) is 23.1 Å². The fourth-order valence-corrected chi connectivity index (χ4v) is 3.71. The van der Waals surface area contributed by atoms with Gasteiger partial charge < -0.3 is 10.1 Å². The summed E-state index contributed by atoms with van der Waals surface area (Å²) in [5.41, 5.74) is 1.25. The van der Waals surface area contributed by atoms with Crippen molar-refractivity contribution in [2.45, 2.75) is 62.9 Å². The third-order valence-corrected chi connectivity index (χ3v) is 5.02. The van der Waals surface area contributed by atoms with Gasteiger partial charge in [-0.3, -0.25) is 14.4 Å². The van der Waals surface area contributed by atoms with Crippen molar-refractivity contribution in [3.05, 3.63) is 18.0 Å². The zero-order chi connectivity index (χ0) is 15.1. The number of amides is 1. The largest absolute Gasteiger partial charge is 0.363 e. The molecule has 3 atom stereocenters. The lowest BCUT2D eigenvalue weighted by molar-refractivity contribution is -0.144. The van der Waals surface area contributed by atoms with Gasteiger partial charge in [-0.05, 0) is 32.1 Å². The fourth-order valence-electron chi connectivity index (χ4n) is 3.71. The summed E-state index contributed by atoms with van der Waals surface area (Å²) < 4.78 is 7.95. The van der Waals surface area contributed by atoms with Crippen molar-refractivity contribution in [2.24, 2.45) is 7.05 Å². The summed E-state index contributed by atoms with van der Waals surface area (Å²) in [6, 6.07) is 0.865. The van der Waals surface area contributed by atoms with Crippen LogP contribution in [0.5, 0.6) is 0 Å². The number of hydrogen-bond acceptors (Lipinski definition) is 4. The van der Waals surface area contributed by atoms with Gasteiger partial charge >= 0.3 is 0 Å². The Balaban J connectivity index is 1.34. The van der Waals surface area contributed by atoms with E-state index >= 15 is 0 Å². The van der Waals surface area contributed by atoms with Gasteiger partial charge in [-0.2, -0.15) is 5.10 Å². The number of aromatic nitrogens is 2. The van der Waals surface area contributed by atoms with Crippen LogP contribution in [0.4, 0.5) is 0 Å². The number of fused-ring (bicyclic) bond motifs is 1. The maximum Gasteiger partial charge on any atom is 0.249 e. The number of rotatable bonds is 4. The van der Waals surface area contributed by atoms with Crippen molar-refractivity contribution in [3.8, 4) is 0 Å². The van der Waals surface area contributed by atoms with Crippen molar-refractivity contribution < 1.29 is 9.53 Å². The summed E-state index contributed by atoms with van der Waals surface area (Å²) in [5.74, 6) is 0.103. The molecule has 4 rings (SSSR count). The molecule has 0 aromatic carbocycles. The van der Waals surface area contributed by atoms with E-state index in [9.17, 15) is 4.79 Å². The molecule has 2 aliphatic heterocycles. The molecule has 1 aliphatic carbocycles. The monoisotopic (exact) mass is 304 g/mol. The normalized spacial score (nSPS) is 32.0. The summed E-state index contributed by atoms with van der Waals surface area (Å²) >= 11 is 0. The minimum Gasteiger partial charge on any atom is -0.363 e. The second kappa shape index (κ2) is 5.66. The minimum atomic E-state index is -0.236. The lowest BCUT2D eigenvalue weighted by Crippen LogP contribution is -2.48.